The Morgan fingerprint density at radius 3 is 2.61 bits per heavy atom. The molecule has 0 radical (unpaired) electrons. The number of thioether (sulfide) groups is 1. The molecule has 134 valence electrons. The van der Waals surface area contributed by atoms with E-state index in [9.17, 15) is 0 Å². The number of hydrogen-bond donors (Lipinski definition) is 1. The number of rotatable bonds is 3. The van der Waals surface area contributed by atoms with E-state index in [-0.39, 0.29) is 35.6 Å². The molecule has 2 heterocycles. The summed E-state index contributed by atoms with van der Waals surface area (Å²) in [5.74, 6) is 3.25. The number of ether oxygens (including phenoxy) is 1. The van der Waals surface area contributed by atoms with Gasteiger partial charge in [-0.15, -0.1) is 24.0 Å². The number of aliphatic imine (C=N–C) groups is 1. The predicted octanol–water partition coefficient (Wildman–Crippen LogP) is 2.00. The summed E-state index contributed by atoms with van der Waals surface area (Å²) in [4.78, 5) is 9.71. The van der Waals surface area contributed by atoms with Gasteiger partial charge >= 0.3 is 0 Å². The highest BCUT2D eigenvalue weighted by Gasteiger charge is 2.40. The van der Waals surface area contributed by atoms with Crippen LogP contribution in [0.4, 0.5) is 0 Å². The van der Waals surface area contributed by atoms with Crippen LogP contribution in [0.5, 0.6) is 0 Å². The zero-order valence-corrected chi connectivity index (χ0v) is 17.4. The van der Waals surface area contributed by atoms with Crippen LogP contribution in [0.3, 0.4) is 0 Å². The molecular formula is C16H31IN4OS. The monoisotopic (exact) mass is 454 g/mol. The first-order valence-electron chi connectivity index (χ1n) is 8.69. The first-order valence-corrected chi connectivity index (χ1v) is 9.84. The zero-order chi connectivity index (χ0) is 15.4. The van der Waals surface area contributed by atoms with Gasteiger partial charge in [0.2, 0.25) is 0 Å². The number of morpholine rings is 1. The minimum absolute atomic E-state index is 0. The summed E-state index contributed by atoms with van der Waals surface area (Å²) >= 11 is 2.08. The number of nitrogens with zero attached hydrogens (tertiary/aromatic N) is 3. The zero-order valence-electron chi connectivity index (χ0n) is 14.2. The molecule has 0 aromatic carbocycles. The van der Waals surface area contributed by atoms with Crippen molar-refractivity contribution in [2.75, 3.05) is 50.8 Å². The Morgan fingerprint density at radius 1 is 1.26 bits per heavy atom. The lowest BCUT2D eigenvalue weighted by Gasteiger charge is -2.42. The Morgan fingerprint density at radius 2 is 1.96 bits per heavy atom. The van der Waals surface area contributed by atoms with Crippen LogP contribution in [0.15, 0.2) is 4.99 Å². The minimum atomic E-state index is 0. The van der Waals surface area contributed by atoms with Crippen molar-refractivity contribution in [1.82, 2.24) is 9.80 Å². The predicted molar refractivity (Wildman–Crippen MR) is 109 cm³/mol. The Labute approximate surface area is 161 Å². The van der Waals surface area contributed by atoms with Gasteiger partial charge < -0.3 is 15.4 Å². The molecule has 0 aromatic rings. The molecule has 1 saturated carbocycles. The van der Waals surface area contributed by atoms with Crippen molar-refractivity contribution in [1.29, 1.82) is 0 Å². The van der Waals surface area contributed by atoms with Crippen LogP contribution in [-0.2, 0) is 4.74 Å². The molecule has 7 heteroatoms. The molecule has 1 atom stereocenters. The third-order valence-corrected chi connectivity index (χ3v) is 6.26. The molecule has 2 N–H and O–H groups in total. The maximum absolute atomic E-state index is 6.27. The Balaban J connectivity index is 0.00000192. The topological polar surface area (TPSA) is 54.1 Å². The molecule has 23 heavy (non-hydrogen) atoms. The fraction of sp³-hybridized carbons (Fsp3) is 0.938. The molecule has 3 fully saturated rings. The first-order chi connectivity index (χ1) is 10.7. The van der Waals surface area contributed by atoms with Crippen molar-refractivity contribution in [3.63, 3.8) is 0 Å². The first kappa shape index (κ1) is 19.6. The van der Waals surface area contributed by atoms with Gasteiger partial charge in [-0.25, -0.2) is 0 Å². The fourth-order valence-corrected chi connectivity index (χ4v) is 4.90. The van der Waals surface area contributed by atoms with Crippen LogP contribution in [0.1, 0.15) is 32.6 Å². The van der Waals surface area contributed by atoms with E-state index in [1.54, 1.807) is 0 Å². The second kappa shape index (κ2) is 9.10. The average molecular weight is 454 g/mol. The molecule has 3 rings (SSSR count). The van der Waals surface area contributed by atoms with Gasteiger partial charge in [0.25, 0.3) is 0 Å². The Hall–Kier alpha value is 0.270. The van der Waals surface area contributed by atoms with Gasteiger partial charge in [-0.1, -0.05) is 12.8 Å². The standard InChI is InChI=1S/C16H30N4OS.HI/c1-14-12-19(6-9-21-14)15(17)18-13-16(4-2-3-5-16)20-7-10-22-11-8-20;/h14H,2-13H2,1H3,(H2,17,18);1H. The van der Waals surface area contributed by atoms with Gasteiger partial charge in [-0.05, 0) is 19.8 Å². The molecule has 1 unspecified atom stereocenters. The maximum atomic E-state index is 6.27. The molecule has 0 bridgehead atoms. The van der Waals surface area contributed by atoms with Crippen LogP contribution >= 0.6 is 35.7 Å². The average Bonchev–Trinajstić information content (AvgIpc) is 3.04. The van der Waals surface area contributed by atoms with Crippen LogP contribution in [0.25, 0.3) is 0 Å². The highest BCUT2D eigenvalue weighted by Crippen LogP contribution is 2.37. The normalized spacial score (nSPS) is 29.3. The van der Waals surface area contributed by atoms with Crippen LogP contribution in [0.2, 0.25) is 0 Å². The smallest absolute Gasteiger partial charge is 0.191 e. The van der Waals surface area contributed by atoms with E-state index in [0.29, 0.717) is 5.96 Å². The van der Waals surface area contributed by atoms with Gasteiger partial charge in [0, 0.05) is 43.2 Å². The summed E-state index contributed by atoms with van der Waals surface area (Å²) in [5, 5.41) is 0. The lowest BCUT2D eigenvalue weighted by molar-refractivity contribution is 0.00514. The minimum Gasteiger partial charge on any atom is -0.375 e. The molecule has 1 aliphatic carbocycles. The van der Waals surface area contributed by atoms with E-state index in [2.05, 4.69) is 28.5 Å². The van der Waals surface area contributed by atoms with Gasteiger partial charge in [0.15, 0.2) is 5.96 Å². The van der Waals surface area contributed by atoms with Crippen molar-refractivity contribution in [2.45, 2.75) is 44.2 Å². The molecular weight excluding hydrogens is 423 g/mol. The van der Waals surface area contributed by atoms with Gasteiger partial charge in [0.05, 0.1) is 19.3 Å². The Kier molecular flexibility index (Phi) is 7.75. The summed E-state index contributed by atoms with van der Waals surface area (Å²) in [5.41, 5.74) is 6.56. The van der Waals surface area contributed by atoms with Crippen molar-refractivity contribution >= 4 is 41.7 Å². The van der Waals surface area contributed by atoms with Gasteiger partial charge in [0.1, 0.15) is 0 Å². The summed E-state index contributed by atoms with van der Waals surface area (Å²) in [6.45, 7) is 7.89. The third kappa shape index (κ3) is 4.89. The summed E-state index contributed by atoms with van der Waals surface area (Å²) < 4.78 is 5.59. The van der Waals surface area contributed by atoms with Crippen molar-refractivity contribution in [3.05, 3.63) is 0 Å². The maximum Gasteiger partial charge on any atom is 0.191 e. The molecule has 3 aliphatic rings. The molecule has 0 aromatic heterocycles. The van der Waals surface area contributed by atoms with Gasteiger partial charge in [-0.3, -0.25) is 9.89 Å². The number of nitrogens with two attached hydrogens (primary N) is 1. The molecule has 2 aliphatic heterocycles. The SMILES string of the molecule is CC1CN(C(N)=NCC2(N3CCSCC3)CCCC2)CCO1.I. The molecule has 5 nitrogen and oxygen atoms in total. The van der Waals surface area contributed by atoms with E-state index in [1.807, 2.05) is 0 Å². The van der Waals surface area contributed by atoms with E-state index in [0.717, 1.165) is 26.2 Å². The lowest BCUT2D eigenvalue weighted by atomic mass is 9.95. The van der Waals surface area contributed by atoms with Crippen molar-refractivity contribution < 1.29 is 4.74 Å². The van der Waals surface area contributed by atoms with Crippen molar-refractivity contribution in [2.24, 2.45) is 10.7 Å². The third-order valence-electron chi connectivity index (χ3n) is 5.32. The number of hydrogen-bond acceptors (Lipinski definition) is 4. The summed E-state index contributed by atoms with van der Waals surface area (Å²) in [6.07, 6.45) is 5.51. The highest BCUT2D eigenvalue weighted by atomic mass is 127. The Bertz CT molecular complexity index is 398. The highest BCUT2D eigenvalue weighted by molar-refractivity contribution is 14.0. The second-order valence-corrected chi connectivity index (χ2v) is 8.06. The van der Waals surface area contributed by atoms with E-state index >= 15 is 0 Å². The number of halogens is 1. The second-order valence-electron chi connectivity index (χ2n) is 6.83. The molecule has 0 amide bonds. The van der Waals surface area contributed by atoms with Crippen molar-refractivity contribution in [3.8, 4) is 0 Å². The van der Waals surface area contributed by atoms with Crippen LogP contribution < -0.4 is 5.73 Å². The fourth-order valence-electron chi connectivity index (χ4n) is 4.00. The molecule has 0 spiro atoms. The van der Waals surface area contributed by atoms with E-state index in [1.165, 1.54) is 50.3 Å². The van der Waals surface area contributed by atoms with E-state index in [4.69, 9.17) is 15.5 Å². The van der Waals surface area contributed by atoms with E-state index < -0.39 is 0 Å². The summed E-state index contributed by atoms with van der Waals surface area (Å²) in [7, 11) is 0. The van der Waals surface area contributed by atoms with Crippen LogP contribution in [-0.4, -0.2) is 78.2 Å². The summed E-state index contributed by atoms with van der Waals surface area (Å²) in [6, 6.07) is 0. The molecule has 2 saturated heterocycles. The van der Waals surface area contributed by atoms with Crippen LogP contribution in [0, 0.1) is 0 Å². The van der Waals surface area contributed by atoms with Gasteiger partial charge in [-0.2, -0.15) is 11.8 Å². The quantitative estimate of drug-likeness (QED) is 0.402. The number of guanidine groups is 1. The largest absolute Gasteiger partial charge is 0.375 e. The lowest BCUT2D eigenvalue weighted by Crippen LogP contribution is -2.53.